The van der Waals surface area contributed by atoms with Crippen LogP contribution in [0.15, 0.2) is 48.5 Å². The van der Waals surface area contributed by atoms with E-state index in [4.69, 9.17) is 0 Å². The van der Waals surface area contributed by atoms with Crippen molar-refractivity contribution in [3.05, 3.63) is 70.8 Å². The molecule has 2 aromatic carbocycles. The summed E-state index contributed by atoms with van der Waals surface area (Å²) >= 11 is 0. The molecule has 0 fully saturated rings. The first-order chi connectivity index (χ1) is 8.29. The second kappa shape index (κ2) is 5.67. The molecule has 0 aliphatic heterocycles. The molecule has 0 heterocycles. The minimum atomic E-state index is 1.12. The van der Waals surface area contributed by atoms with E-state index in [-0.39, 0.29) is 0 Å². The Kier molecular flexibility index (Phi) is 3.98. The largest absolute Gasteiger partial charge is 0.0620 e. The third-order valence-electron chi connectivity index (χ3n) is 3.38. The molecule has 0 bridgehead atoms. The SMILES string of the molecule is CCc1ccc(CCc2ccccc2C)cc1. The van der Waals surface area contributed by atoms with Gasteiger partial charge in [0.05, 0.1) is 0 Å². The Bertz CT molecular complexity index is 466. The third-order valence-corrected chi connectivity index (χ3v) is 3.38. The van der Waals surface area contributed by atoms with Crippen LogP contribution in [0.1, 0.15) is 29.2 Å². The van der Waals surface area contributed by atoms with E-state index >= 15 is 0 Å². The lowest BCUT2D eigenvalue weighted by atomic mass is 10.00. The Labute approximate surface area is 104 Å². The number of hydrogen-bond acceptors (Lipinski definition) is 0. The van der Waals surface area contributed by atoms with Crippen LogP contribution in [0.3, 0.4) is 0 Å². The first kappa shape index (κ1) is 11.9. The molecule has 0 N–H and O–H groups in total. The molecular formula is C17H20. The second-order valence-electron chi connectivity index (χ2n) is 4.60. The molecule has 2 aromatic rings. The average molecular weight is 224 g/mol. The van der Waals surface area contributed by atoms with Crippen LogP contribution in [-0.4, -0.2) is 0 Å². The summed E-state index contributed by atoms with van der Waals surface area (Å²) in [5.41, 5.74) is 5.72. The maximum absolute atomic E-state index is 2.26. The number of hydrogen-bond donors (Lipinski definition) is 0. The molecule has 0 aliphatic rings. The van der Waals surface area contributed by atoms with Crippen LogP contribution in [0.4, 0.5) is 0 Å². The summed E-state index contributed by atoms with van der Waals surface area (Å²) in [4.78, 5) is 0. The molecule has 0 heteroatoms. The summed E-state index contributed by atoms with van der Waals surface area (Å²) in [5, 5.41) is 0. The van der Waals surface area contributed by atoms with Gasteiger partial charge in [0.15, 0.2) is 0 Å². The zero-order chi connectivity index (χ0) is 12.1. The predicted octanol–water partition coefficient (Wildman–Crippen LogP) is 4.34. The van der Waals surface area contributed by atoms with Crippen molar-refractivity contribution >= 4 is 0 Å². The van der Waals surface area contributed by atoms with Crippen molar-refractivity contribution in [2.24, 2.45) is 0 Å². The highest BCUT2D eigenvalue weighted by Crippen LogP contribution is 2.12. The molecule has 0 aromatic heterocycles. The van der Waals surface area contributed by atoms with Gasteiger partial charge in [-0.3, -0.25) is 0 Å². The molecule has 0 saturated carbocycles. The van der Waals surface area contributed by atoms with Crippen LogP contribution >= 0.6 is 0 Å². The van der Waals surface area contributed by atoms with Gasteiger partial charge in [-0.25, -0.2) is 0 Å². The molecule has 0 saturated heterocycles. The fourth-order valence-corrected chi connectivity index (χ4v) is 2.11. The van der Waals surface area contributed by atoms with Gasteiger partial charge in [-0.2, -0.15) is 0 Å². The fraction of sp³-hybridized carbons (Fsp3) is 0.294. The van der Waals surface area contributed by atoms with Gasteiger partial charge in [0.25, 0.3) is 0 Å². The standard InChI is InChI=1S/C17H20/c1-3-15-8-10-16(11-9-15)12-13-17-7-5-4-6-14(17)2/h4-11H,3,12-13H2,1-2H3. The molecule has 0 atom stereocenters. The van der Waals surface area contributed by atoms with E-state index in [9.17, 15) is 0 Å². The van der Waals surface area contributed by atoms with Gasteiger partial charge in [-0.1, -0.05) is 55.5 Å². The lowest BCUT2D eigenvalue weighted by Gasteiger charge is -2.06. The Morgan fingerprint density at radius 2 is 1.41 bits per heavy atom. The Morgan fingerprint density at radius 3 is 2.06 bits per heavy atom. The van der Waals surface area contributed by atoms with Gasteiger partial charge in [-0.15, -0.1) is 0 Å². The Hall–Kier alpha value is -1.56. The van der Waals surface area contributed by atoms with Gasteiger partial charge in [0.2, 0.25) is 0 Å². The van der Waals surface area contributed by atoms with Crippen LogP contribution in [0.2, 0.25) is 0 Å². The zero-order valence-corrected chi connectivity index (χ0v) is 10.7. The van der Waals surface area contributed by atoms with Gasteiger partial charge in [0, 0.05) is 0 Å². The molecule has 17 heavy (non-hydrogen) atoms. The van der Waals surface area contributed by atoms with Crippen molar-refractivity contribution < 1.29 is 0 Å². The van der Waals surface area contributed by atoms with Crippen molar-refractivity contribution in [3.63, 3.8) is 0 Å². The quantitative estimate of drug-likeness (QED) is 0.724. The van der Waals surface area contributed by atoms with Gasteiger partial charge < -0.3 is 0 Å². The number of benzene rings is 2. The monoisotopic (exact) mass is 224 g/mol. The number of aryl methyl sites for hydroxylation is 4. The van der Waals surface area contributed by atoms with Crippen molar-refractivity contribution in [2.45, 2.75) is 33.1 Å². The van der Waals surface area contributed by atoms with Crippen LogP contribution < -0.4 is 0 Å². The summed E-state index contributed by atoms with van der Waals surface area (Å²) < 4.78 is 0. The van der Waals surface area contributed by atoms with E-state index in [1.54, 1.807) is 0 Å². The van der Waals surface area contributed by atoms with Crippen LogP contribution in [-0.2, 0) is 19.3 Å². The summed E-state index contributed by atoms with van der Waals surface area (Å²) in [7, 11) is 0. The van der Waals surface area contributed by atoms with Crippen molar-refractivity contribution in [2.75, 3.05) is 0 Å². The predicted molar refractivity (Wildman–Crippen MR) is 74.4 cm³/mol. The summed E-state index contributed by atoms with van der Waals surface area (Å²) in [6.45, 7) is 4.39. The zero-order valence-electron chi connectivity index (χ0n) is 10.7. The maximum atomic E-state index is 2.26. The maximum Gasteiger partial charge on any atom is -0.0236 e. The summed E-state index contributed by atoms with van der Waals surface area (Å²) in [6.07, 6.45) is 3.39. The van der Waals surface area contributed by atoms with E-state index in [1.807, 2.05) is 0 Å². The normalized spacial score (nSPS) is 10.5. The first-order valence-corrected chi connectivity index (χ1v) is 6.42. The van der Waals surface area contributed by atoms with E-state index in [1.165, 1.54) is 22.3 Å². The smallest absolute Gasteiger partial charge is 0.0236 e. The molecule has 0 spiro atoms. The van der Waals surface area contributed by atoms with Crippen LogP contribution in [0.25, 0.3) is 0 Å². The highest BCUT2D eigenvalue weighted by molar-refractivity contribution is 5.28. The van der Waals surface area contributed by atoms with Crippen LogP contribution in [0, 0.1) is 6.92 Å². The molecule has 0 radical (unpaired) electrons. The molecule has 88 valence electrons. The highest BCUT2D eigenvalue weighted by Gasteiger charge is 1.98. The second-order valence-corrected chi connectivity index (χ2v) is 4.60. The first-order valence-electron chi connectivity index (χ1n) is 6.42. The fourth-order valence-electron chi connectivity index (χ4n) is 2.11. The van der Waals surface area contributed by atoms with Gasteiger partial charge >= 0.3 is 0 Å². The minimum absolute atomic E-state index is 1.12. The number of rotatable bonds is 4. The van der Waals surface area contributed by atoms with E-state index in [2.05, 4.69) is 62.4 Å². The molecule has 0 amide bonds. The lowest BCUT2D eigenvalue weighted by Crippen LogP contribution is -1.94. The molecule has 0 nitrogen and oxygen atoms in total. The lowest BCUT2D eigenvalue weighted by molar-refractivity contribution is 0.946. The topological polar surface area (TPSA) is 0 Å². The van der Waals surface area contributed by atoms with Crippen molar-refractivity contribution in [1.29, 1.82) is 0 Å². The Morgan fingerprint density at radius 1 is 0.765 bits per heavy atom. The molecule has 2 rings (SSSR count). The summed E-state index contributed by atoms with van der Waals surface area (Å²) in [6, 6.07) is 17.7. The van der Waals surface area contributed by atoms with E-state index in [0.29, 0.717) is 0 Å². The van der Waals surface area contributed by atoms with Gasteiger partial charge in [0.1, 0.15) is 0 Å². The van der Waals surface area contributed by atoms with E-state index in [0.717, 1.165) is 19.3 Å². The Balaban J connectivity index is 2.00. The van der Waals surface area contributed by atoms with Gasteiger partial charge in [-0.05, 0) is 48.4 Å². The third kappa shape index (κ3) is 3.20. The van der Waals surface area contributed by atoms with Crippen molar-refractivity contribution in [3.8, 4) is 0 Å². The highest BCUT2D eigenvalue weighted by atomic mass is 14.0. The molecular weight excluding hydrogens is 204 g/mol. The average Bonchev–Trinajstić information content (AvgIpc) is 2.38. The minimum Gasteiger partial charge on any atom is -0.0620 e. The molecule has 0 unspecified atom stereocenters. The van der Waals surface area contributed by atoms with E-state index < -0.39 is 0 Å². The molecule has 0 aliphatic carbocycles. The van der Waals surface area contributed by atoms with Crippen LogP contribution in [0.5, 0.6) is 0 Å². The summed E-state index contributed by atoms with van der Waals surface area (Å²) in [5.74, 6) is 0. The van der Waals surface area contributed by atoms with Crippen molar-refractivity contribution in [1.82, 2.24) is 0 Å².